The van der Waals surface area contributed by atoms with Crippen LogP contribution in [0.5, 0.6) is 0 Å². The van der Waals surface area contributed by atoms with Gasteiger partial charge in [-0.2, -0.15) is 0 Å². The number of carbonyl (C=O) groups is 3. The van der Waals surface area contributed by atoms with Gasteiger partial charge < -0.3 is 4.90 Å². The van der Waals surface area contributed by atoms with Gasteiger partial charge in [-0.1, -0.05) is 43.3 Å². The smallest absolute Gasteiger partial charge is 0.242 e. The molecule has 0 spiro atoms. The van der Waals surface area contributed by atoms with Crippen molar-refractivity contribution < 1.29 is 14.4 Å². The van der Waals surface area contributed by atoms with Crippen LogP contribution < -0.4 is 0 Å². The summed E-state index contributed by atoms with van der Waals surface area (Å²) in [4.78, 5) is 40.7. The second kappa shape index (κ2) is 6.38. The first-order valence-corrected chi connectivity index (χ1v) is 9.35. The number of hydrogen-bond acceptors (Lipinski definition) is 3. The third-order valence-electron chi connectivity index (χ3n) is 6.13. The number of rotatable bonds is 5. The second-order valence-corrected chi connectivity index (χ2v) is 7.68. The summed E-state index contributed by atoms with van der Waals surface area (Å²) in [6, 6.07) is 8.15. The van der Waals surface area contributed by atoms with Crippen molar-refractivity contribution in [1.82, 2.24) is 9.80 Å². The van der Waals surface area contributed by atoms with Crippen molar-refractivity contribution in [3.05, 3.63) is 47.5 Å². The SMILES string of the molecule is CCc1ccc(CN(C)C(=O)CN2C(=O)C3C4C=CC(C4)C3C2=O)cc1. The molecular formula is C21H24N2O3. The molecule has 4 atom stereocenters. The van der Waals surface area contributed by atoms with Crippen molar-refractivity contribution in [2.24, 2.45) is 23.7 Å². The molecule has 1 saturated carbocycles. The Morgan fingerprint density at radius 2 is 1.58 bits per heavy atom. The number of likely N-dealkylation sites (tertiary alicyclic amines) is 1. The Bertz CT molecular complexity index is 753. The van der Waals surface area contributed by atoms with Gasteiger partial charge in [0.05, 0.1) is 11.8 Å². The van der Waals surface area contributed by atoms with Crippen LogP contribution in [0.3, 0.4) is 0 Å². The lowest BCUT2D eigenvalue weighted by Crippen LogP contribution is -2.42. The van der Waals surface area contributed by atoms with E-state index in [9.17, 15) is 14.4 Å². The zero-order valence-corrected chi connectivity index (χ0v) is 15.2. The molecule has 1 aromatic rings. The number of benzene rings is 1. The van der Waals surface area contributed by atoms with Crippen LogP contribution in [0.25, 0.3) is 0 Å². The lowest BCUT2D eigenvalue weighted by atomic mass is 9.85. The van der Waals surface area contributed by atoms with Gasteiger partial charge in [-0.15, -0.1) is 0 Å². The van der Waals surface area contributed by atoms with Gasteiger partial charge >= 0.3 is 0 Å². The van der Waals surface area contributed by atoms with Gasteiger partial charge in [0.2, 0.25) is 17.7 Å². The Morgan fingerprint density at radius 1 is 1.04 bits per heavy atom. The molecule has 136 valence electrons. The van der Waals surface area contributed by atoms with Crippen molar-refractivity contribution in [2.75, 3.05) is 13.6 Å². The number of fused-ring (bicyclic) bond motifs is 5. The Hall–Kier alpha value is -2.43. The molecule has 1 aromatic carbocycles. The Labute approximate surface area is 153 Å². The van der Waals surface area contributed by atoms with E-state index in [0.717, 1.165) is 18.4 Å². The standard InChI is InChI=1S/C21H24N2O3/c1-3-13-4-6-14(7-5-13)11-22(2)17(24)12-23-20(25)18-15-8-9-16(10-15)19(18)21(23)26/h4-9,15-16,18-19H,3,10-12H2,1-2H3. The van der Waals surface area contributed by atoms with Crippen LogP contribution in [0.4, 0.5) is 0 Å². The van der Waals surface area contributed by atoms with Crippen molar-refractivity contribution in [3.63, 3.8) is 0 Å². The summed E-state index contributed by atoms with van der Waals surface area (Å²) in [6.45, 7) is 2.43. The normalized spacial score (nSPS) is 28.8. The highest BCUT2D eigenvalue weighted by Gasteiger charge is 2.59. The highest BCUT2D eigenvalue weighted by Crippen LogP contribution is 2.52. The van der Waals surface area contributed by atoms with Crippen LogP contribution >= 0.6 is 0 Å². The minimum absolute atomic E-state index is 0.145. The minimum atomic E-state index is -0.239. The average Bonchev–Trinajstić information content (AvgIpc) is 3.32. The number of likely N-dealkylation sites (N-methyl/N-ethyl adjacent to an activating group) is 1. The van der Waals surface area contributed by atoms with E-state index in [1.165, 1.54) is 10.5 Å². The summed E-state index contributed by atoms with van der Waals surface area (Å²) >= 11 is 0. The van der Waals surface area contributed by atoms with Crippen LogP contribution in [0.1, 0.15) is 24.5 Å². The van der Waals surface area contributed by atoms with E-state index in [-0.39, 0.29) is 47.9 Å². The zero-order chi connectivity index (χ0) is 18.4. The van der Waals surface area contributed by atoms with Crippen molar-refractivity contribution in [3.8, 4) is 0 Å². The first-order valence-electron chi connectivity index (χ1n) is 9.35. The van der Waals surface area contributed by atoms with Gasteiger partial charge in [-0.25, -0.2) is 0 Å². The molecule has 2 bridgehead atoms. The quantitative estimate of drug-likeness (QED) is 0.602. The Morgan fingerprint density at radius 3 is 2.12 bits per heavy atom. The molecule has 5 nitrogen and oxygen atoms in total. The molecule has 5 heteroatoms. The van der Waals surface area contributed by atoms with Crippen LogP contribution in [0, 0.1) is 23.7 Å². The third kappa shape index (κ3) is 2.66. The van der Waals surface area contributed by atoms with Gasteiger partial charge in [0.25, 0.3) is 0 Å². The number of imide groups is 1. The lowest BCUT2D eigenvalue weighted by Gasteiger charge is -2.22. The van der Waals surface area contributed by atoms with E-state index in [1.807, 2.05) is 12.1 Å². The van der Waals surface area contributed by atoms with Gasteiger partial charge in [-0.05, 0) is 35.8 Å². The van der Waals surface area contributed by atoms with Gasteiger partial charge in [0, 0.05) is 13.6 Å². The zero-order valence-electron chi connectivity index (χ0n) is 15.2. The Kier molecular flexibility index (Phi) is 4.17. The molecule has 2 aliphatic carbocycles. The maximum atomic E-state index is 12.7. The second-order valence-electron chi connectivity index (χ2n) is 7.68. The van der Waals surface area contributed by atoms with Crippen molar-refractivity contribution in [2.45, 2.75) is 26.3 Å². The first-order chi connectivity index (χ1) is 12.5. The van der Waals surface area contributed by atoms with Crippen molar-refractivity contribution in [1.29, 1.82) is 0 Å². The molecule has 26 heavy (non-hydrogen) atoms. The maximum Gasteiger partial charge on any atom is 0.242 e. The van der Waals surface area contributed by atoms with Crippen LogP contribution in [0.2, 0.25) is 0 Å². The fourth-order valence-corrected chi connectivity index (χ4v) is 4.62. The highest BCUT2D eigenvalue weighted by atomic mass is 16.2. The number of allylic oxidation sites excluding steroid dienone is 2. The van der Waals surface area contributed by atoms with E-state index < -0.39 is 0 Å². The molecule has 1 heterocycles. The lowest BCUT2D eigenvalue weighted by molar-refractivity contribution is -0.146. The van der Waals surface area contributed by atoms with Crippen LogP contribution in [-0.2, 0) is 27.3 Å². The highest BCUT2D eigenvalue weighted by molar-refractivity contribution is 6.08. The predicted molar refractivity (Wildman–Crippen MR) is 96.7 cm³/mol. The topological polar surface area (TPSA) is 57.7 Å². The number of carbonyl (C=O) groups excluding carboxylic acids is 3. The number of hydrogen-bond donors (Lipinski definition) is 0. The molecule has 4 unspecified atom stereocenters. The molecule has 0 N–H and O–H groups in total. The minimum Gasteiger partial charge on any atom is -0.340 e. The Balaban J connectivity index is 1.40. The molecule has 1 aliphatic heterocycles. The van der Waals surface area contributed by atoms with E-state index in [0.29, 0.717) is 6.54 Å². The average molecular weight is 352 g/mol. The summed E-state index contributed by atoms with van der Waals surface area (Å²) in [6.07, 6.45) is 6.01. The number of amides is 3. The van der Waals surface area contributed by atoms with Gasteiger partial charge in [0.1, 0.15) is 6.54 Å². The summed E-state index contributed by atoms with van der Waals surface area (Å²) < 4.78 is 0. The van der Waals surface area contributed by atoms with E-state index in [1.54, 1.807) is 11.9 Å². The maximum absolute atomic E-state index is 12.7. The largest absolute Gasteiger partial charge is 0.340 e. The molecular weight excluding hydrogens is 328 g/mol. The molecule has 0 radical (unpaired) electrons. The van der Waals surface area contributed by atoms with E-state index in [2.05, 4.69) is 31.2 Å². The molecule has 2 fully saturated rings. The third-order valence-corrected chi connectivity index (χ3v) is 6.13. The fraction of sp³-hybridized carbons (Fsp3) is 0.476. The molecule has 1 saturated heterocycles. The van der Waals surface area contributed by atoms with Crippen LogP contribution in [-0.4, -0.2) is 41.1 Å². The van der Waals surface area contributed by atoms with Crippen molar-refractivity contribution >= 4 is 17.7 Å². The summed E-state index contributed by atoms with van der Waals surface area (Å²) in [5.41, 5.74) is 2.29. The molecule has 0 aromatic heterocycles. The fourth-order valence-electron chi connectivity index (χ4n) is 4.62. The summed E-state index contributed by atoms with van der Waals surface area (Å²) in [5.74, 6) is -0.648. The van der Waals surface area contributed by atoms with E-state index in [4.69, 9.17) is 0 Å². The molecule has 4 rings (SSSR count). The first kappa shape index (κ1) is 17.0. The van der Waals surface area contributed by atoms with E-state index >= 15 is 0 Å². The molecule has 3 aliphatic rings. The predicted octanol–water partition coefficient (Wildman–Crippen LogP) is 2.01. The van der Waals surface area contributed by atoms with Gasteiger partial charge in [0.15, 0.2) is 0 Å². The summed E-state index contributed by atoms with van der Waals surface area (Å²) in [5, 5.41) is 0. The number of aryl methyl sites for hydroxylation is 1. The van der Waals surface area contributed by atoms with Gasteiger partial charge in [-0.3, -0.25) is 19.3 Å². The monoisotopic (exact) mass is 352 g/mol. The summed E-state index contributed by atoms with van der Waals surface area (Å²) in [7, 11) is 1.72. The number of nitrogens with zero attached hydrogens (tertiary/aromatic N) is 2. The van der Waals surface area contributed by atoms with Crippen LogP contribution in [0.15, 0.2) is 36.4 Å². The molecule has 3 amide bonds.